The monoisotopic (exact) mass is 983 g/mol. The Kier molecular flexibility index (Phi) is 10.2. The lowest BCUT2D eigenvalue weighted by molar-refractivity contribution is 1.18. The van der Waals surface area contributed by atoms with Gasteiger partial charge in [-0.3, -0.25) is 0 Å². The topological polar surface area (TPSA) is 12.6 Å². The number of para-hydroxylation sites is 4. The van der Waals surface area contributed by atoms with E-state index in [1.54, 1.807) is 0 Å². The summed E-state index contributed by atoms with van der Waals surface area (Å²) in [5.41, 5.74) is 15.3. The highest BCUT2D eigenvalue weighted by Crippen LogP contribution is 2.43. The summed E-state index contributed by atoms with van der Waals surface area (Å²) in [6, 6.07) is 110. The van der Waals surface area contributed by atoms with Crippen molar-refractivity contribution in [3.05, 3.63) is 297 Å². The largest absolute Gasteiger partial charge is 0.310 e. The molecule has 0 unspecified atom stereocenters. The first-order valence-electron chi connectivity index (χ1n) is 26.2. The summed E-state index contributed by atoms with van der Waals surface area (Å²) in [6.07, 6.45) is 0. The molecule has 0 aliphatic rings. The zero-order chi connectivity index (χ0) is 50.2. The van der Waals surface area contributed by atoms with Crippen molar-refractivity contribution in [2.24, 2.45) is 0 Å². The molecule has 76 heavy (non-hydrogen) atoms. The van der Waals surface area contributed by atoms with E-state index in [1.165, 1.54) is 103 Å². The number of hydrogen-bond donors (Lipinski definition) is 0. The minimum atomic E-state index is -2.65. The summed E-state index contributed by atoms with van der Waals surface area (Å²) < 4.78 is 4.85. The Hall–Kier alpha value is -9.74. The van der Waals surface area contributed by atoms with Crippen molar-refractivity contribution in [3.8, 4) is 27.9 Å². The minimum Gasteiger partial charge on any atom is -0.310 e. The molecular weight excluding hydrogens is 935 g/mol. The molecule has 0 fully saturated rings. The van der Waals surface area contributed by atoms with Crippen LogP contribution in [0.5, 0.6) is 0 Å². The first-order valence-corrected chi connectivity index (χ1v) is 28.2. The smallest absolute Gasteiger partial charge is 0.179 e. The van der Waals surface area contributed by atoms with E-state index >= 15 is 0 Å². The molecule has 0 aliphatic carbocycles. The maximum Gasteiger partial charge on any atom is 0.179 e. The number of rotatable bonds is 10. The Labute approximate surface area is 442 Å². The van der Waals surface area contributed by atoms with Crippen LogP contribution in [0, 0.1) is 0 Å². The van der Waals surface area contributed by atoms with Crippen LogP contribution in [-0.4, -0.2) is 17.0 Å². The third-order valence-electron chi connectivity index (χ3n) is 16.0. The number of hydrogen-bond acceptors (Lipinski definition) is 1. The maximum absolute atomic E-state index is 2.65. The van der Waals surface area contributed by atoms with Crippen molar-refractivity contribution >= 4 is 106 Å². The molecule has 0 bridgehead atoms. The molecule has 0 aliphatic heterocycles. The Morgan fingerprint density at radius 3 is 1.24 bits per heavy atom. The van der Waals surface area contributed by atoms with Gasteiger partial charge in [0.2, 0.25) is 0 Å². The highest BCUT2D eigenvalue weighted by Gasteiger charge is 2.41. The SMILES string of the molecule is c1ccc(-n2c3ccccc3c3cc(-c4ccc(N(c5ccc(-c6ccc([Si](c7ccccc7)(c7ccccc7)c7ccccc7)cc6)cc5)c5ccc6c7cccc8c9ccccc9n(c6c5)c87)cc4)ccc32)cc1. The summed E-state index contributed by atoms with van der Waals surface area (Å²) in [7, 11) is -2.65. The van der Waals surface area contributed by atoms with Crippen LogP contribution in [-0.2, 0) is 0 Å². The lowest BCUT2D eigenvalue weighted by atomic mass is 10.0. The molecule has 3 heterocycles. The number of fused-ring (bicyclic) bond motifs is 9. The van der Waals surface area contributed by atoms with Crippen molar-refractivity contribution in [1.29, 1.82) is 0 Å². The van der Waals surface area contributed by atoms with E-state index in [0.717, 1.165) is 22.7 Å². The maximum atomic E-state index is 2.47. The molecule has 0 saturated carbocycles. The van der Waals surface area contributed by atoms with Gasteiger partial charge >= 0.3 is 0 Å². The third-order valence-corrected chi connectivity index (χ3v) is 20.8. The van der Waals surface area contributed by atoms with Gasteiger partial charge in [0, 0.05) is 55.1 Å². The summed E-state index contributed by atoms with van der Waals surface area (Å²) in [6.45, 7) is 0. The van der Waals surface area contributed by atoms with Gasteiger partial charge in [0.1, 0.15) is 0 Å². The fourth-order valence-electron chi connectivity index (χ4n) is 12.6. The van der Waals surface area contributed by atoms with Crippen molar-refractivity contribution in [3.63, 3.8) is 0 Å². The third kappa shape index (κ3) is 6.81. The average Bonchev–Trinajstić information content (AvgIpc) is 4.20. The zero-order valence-corrected chi connectivity index (χ0v) is 42.6. The van der Waals surface area contributed by atoms with E-state index < -0.39 is 8.07 Å². The fraction of sp³-hybridized carbons (Fsp3) is 0. The molecule has 12 aromatic carbocycles. The Morgan fingerprint density at radius 1 is 0.250 bits per heavy atom. The molecule has 0 saturated heterocycles. The summed E-state index contributed by atoms with van der Waals surface area (Å²) in [5.74, 6) is 0. The van der Waals surface area contributed by atoms with E-state index in [9.17, 15) is 0 Å². The minimum absolute atomic E-state index is 1.09. The molecule has 356 valence electrons. The summed E-state index contributed by atoms with van der Waals surface area (Å²) in [4.78, 5) is 2.42. The molecule has 0 amide bonds. The predicted molar refractivity (Wildman–Crippen MR) is 325 cm³/mol. The number of benzene rings is 12. The van der Waals surface area contributed by atoms with Crippen molar-refractivity contribution < 1.29 is 0 Å². The first-order chi connectivity index (χ1) is 37.7. The van der Waals surface area contributed by atoms with Crippen LogP contribution < -0.4 is 25.6 Å². The Bertz CT molecular complexity index is 4490. The first kappa shape index (κ1) is 43.8. The van der Waals surface area contributed by atoms with Crippen molar-refractivity contribution in [2.75, 3.05) is 4.90 Å². The van der Waals surface area contributed by atoms with Crippen molar-refractivity contribution in [1.82, 2.24) is 8.97 Å². The fourth-order valence-corrected chi connectivity index (χ4v) is 17.3. The van der Waals surface area contributed by atoms with E-state index in [-0.39, 0.29) is 0 Å². The quantitative estimate of drug-likeness (QED) is 0.0983. The number of nitrogens with zero attached hydrogens (tertiary/aromatic N) is 3. The van der Waals surface area contributed by atoms with Gasteiger partial charge in [-0.15, -0.1) is 0 Å². The summed E-state index contributed by atoms with van der Waals surface area (Å²) >= 11 is 0. The second-order valence-corrected chi connectivity index (χ2v) is 23.8. The Balaban J connectivity index is 0.841. The molecule has 3 nitrogen and oxygen atoms in total. The predicted octanol–water partition coefficient (Wildman–Crippen LogP) is 16.1. The van der Waals surface area contributed by atoms with Crippen LogP contribution in [0.4, 0.5) is 17.1 Å². The molecular formula is C72H49N3Si. The van der Waals surface area contributed by atoms with Gasteiger partial charge < -0.3 is 13.9 Å². The molecule has 0 atom stereocenters. The van der Waals surface area contributed by atoms with Gasteiger partial charge in [-0.05, 0) is 116 Å². The lowest BCUT2D eigenvalue weighted by Gasteiger charge is -2.34. The van der Waals surface area contributed by atoms with Crippen LogP contribution in [0.15, 0.2) is 297 Å². The molecule has 3 aromatic heterocycles. The molecule has 0 radical (unpaired) electrons. The molecule has 15 aromatic rings. The van der Waals surface area contributed by atoms with Crippen LogP contribution in [0.2, 0.25) is 0 Å². The number of aromatic nitrogens is 2. The average molecular weight is 984 g/mol. The molecule has 0 N–H and O–H groups in total. The van der Waals surface area contributed by atoms with E-state index in [1.807, 2.05) is 0 Å². The van der Waals surface area contributed by atoms with Crippen LogP contribution in [0.25, 0.3) is 87.8 Å². The Morgan fingerprint density at radius 2 is 0.658 bits per heavy atom. The molecule has 4 heteroatoms. The van der Waals surface area contributed by atoms with Crippen LogP contribution in [0.3, 0.4) is 0 Å². The molecule has 15 rings (SSSR count). The van der Waals surface area contributed by atoms with E-state index in [4.69, 9.17) is 0 Å². The van der Waals surface area contributed by atoms with Gasteiger partial charge in [0.15, 0.2) is 8.07 Å². The number of anilines is 3. The zero-order valence-electron chi connectivity index (χ0n) is 41.6. The van der Waals surface area contributed by atoms with Crippen LogP contribution in [0.1, 0.15) is 0 Å². The standard InChI is InChI=1S/C72H49N3Si/c1-5-18-54(19-6-1)74-68-30-15-14-27-63(68)67-48-53(38-47-70(67)74)52-34-41-56(42-35-52)73(57-43-46-64-66-29-17-28-65-62-26-13-16-31-69(62)75(72(65)66)71(64)49-57)55-39-32-50(33-40-55)51-36-44-61(45-37-51)76(58-20-7-2-8-21-58,59-22-9-3-10-23-59)60-24-11-4-12-25-60/h1-49H. The van der Waals surface area contributed by atoms with Gasteiger partial charge in [-0.1, -0.05) is 224 Å². The van der Waals surface area contributed by atoms with E-state index in [2.05, 4.69) is 311 Å². The summed E-state index contributed by atoms with van der Waals surface area (Å²) in [5, 5.41) is 13.1. The van der Waals surface area contributed by atoms with Crippen LogP contribution >= 0.6 is 0 Å². The van der Waals surface area contributed by atoms with Gasteiger partial charge in [0.25, 0.3) is 0 Å². The highest BCUT2D eigenvalue weighted by atomic mass is 28.3. The normalized spacial score (nSPS) is 11.9. The van der Waals surface area contributed by atoms with E-state index in [0.29, 0.717) is 0 Å². The lowest BCUT2D eigenvalue weighted by Crippen LogP contribution is -2.74. The second-order valence-electron chi connectivity index (χ2n) is 20.0. The van der Waals surface area contributed by atoms with Gasteiger partial charge in [-0.25, -0.2) is 0 Å². The van der Waals surface area contributed by atoms with Gasteiger partial charge in [0.05, 0.1) is 27.6 Å². The molecule has 0 spiro atoms. The second kappa shape index (κ2) is 17.7. The van der Waals surface area contributed by atoms with Gasteiger partial charge in [-0.2, -0.15) is 0 Å². The van der Waals surface area contributed by atoms with Crippen molar-refractivity contribution in [2.45, 2.75) is 0 Å². The highest BCUT2D eigenvalue weighted by molar-refractivity contribution is 7.19.